The first-order valence-electron chi connectivity index (χ1n) is 6.87. The second-order valence-electron chi connectivity index (χ2n) is 7.18. The van der Waals surface area contributed by atoms with E-state index in [9.17, 15) is 9.59 Å². The summed E-state index contributed by atoms with van der Waals surface area (Å²) >= 11 is 0. The molecular formula is C14H26N2O4. The lowest BCUT2D eigenvalue weighted by Crippen LogP contribution is -2.45. The van der Waals surface area contributed by atoms with Crippen molar-refractivity contribution >= 4 is 12.1 Å². The second kappa shape index (κ2) is 5.60. The first-order valence-corrected chi connectivity index (χ1v) is 6.87. The summed E-state index contributed by atoms with van der Waals surface area (Å²) < 4.78 is 10.6. The van der Waals surface area contributed by atoms with E-state index in [-0.39, 0.29) is 6.04 Å². The molecule has 1 rings (SSSR count). The van der Waals surface area contributed by atoms with Crippen LogP contribution in [0.4, 0.5) is 4.79 Å². The number of carbonyl (C=O) groups excluding carboxylic acids is 2. The van der Waals surface area contributed by atoms with E-state index in [0.717, 1.165) is 0 Å². The van der Waals surface area contributed by atoms with Gasteiger partial charge in [0.1, 0.15) is 17.2 Å². The molecule has 116 valence electrons. The van der Waals surface area contributed by atoms with Gasteiger partial charge in [-0.1, -0.05) is 0 Å². The van der Waals surface area contributed by atoms with Gasteiger partial charge in [0, 0.05) is 12.6 Å². The minimum Gasteiger partial charge on any atom is -0.458 e. The molecule has 1 fully saturated rings. The molecule has 0 radical (unpaired) electrons. The minimum absolute atomic E-state index is 0.236. The Labute approximate surface area is 120 Å². The molecule has 1 aliphatic rings. The van der Waals surface area contributed by atoms with Gasteiger partial charge in [-0.2, -0.15) is 0 Å². The standard InChI is InChI=1S/C14H26N2O4/c1-13(2,3)19-11(17)10-7-9(15)8-16(10)12(18)20-14(4,5)6/h9-10H,7-8,15H2,1-6H3/t9-,10-/m1/s1. The van der Waals surface area contributed by atoms with Gasteiger partial charge < -0.3 is 15.2 Å². The number of hydrogen-bond donors (Lipinski definition) is 1. The highest BCUT2D eigenvalue weighted by molar-refractivity contribution is 5.82. The maximum absolute atomic E-state index is 12.2. The van der Waals surface area contributed by atoms with Crippen molar-refractivity contribution in [2.45, 2.75) is 71.2 Å². The van der Waals surface area contributed by atoms with E-state index in [1.807, 2.05) is 0 Å². The summed E-state index contributed by atoms with van der Waals surface area (Å²) in [4.78, 5) is 25.7. The van der Waals surface area contributed by atoms with Crippen molar-refractivity contribution in [1.82, 2.24) is 4.90 Å². The molecule has 0 spiro atoms. The lowest BCUT2D eigenvalue weighted by Gasteiger charge is -2.29. The third-order valence-corrected chi connectivity index (χ3v) is 2.64. The SMILES string of the molecule is CC(C)(C)OC(=O)[C@H]1C[C@@H](N)CN1C(=O)OC(C)(C)C. The molecule has 0 aromatic carbocycles. The molecule has 6 nitrogen and oxygen atoms in total. The van der Waals surface area contributed by atoms with Crippen LogP contribution in [0.3, 0.4) is 0 Å². The van der Waals surface area contributed by atoms with Crippen LogP contribution in [0.25, 0.3) is 0 Å². The van der Waals surface area contributed by atoms with Crippen LogP contribution in [0.15, 0.2) is 0 Å². The highest BCUT2D eigenvalue weighted by Gasteiger charge is 2.42. The fourth-order valence-electron chi connectivity index (χ4n) is 1.98. The van der Waals surface area contributed by atoms with Crippen LogP contribution in [0.1, 0.15) is 48.0 Å². The Kier molecular flexibility index (Phi) is 4.69. The maximum atomic E-state index is 12.2. The van der Waals surface area contributed by atoms with Gasteiger partial charge in [0.25, 0.3) is 0 Å². The van der Waals surface area contributed by atoms with Crippen LogP contribution < -0.4 is 5.73 Å². The number of rotatable bonds is 1. The van der Waals surface area contributed by atoms with Crippen molar-refractivity contribution in [2.75, 3.05) is 6.54 Å². The molecule has 1 saturated heterocycles. The smallest absolute Gasteiger partial charge is 0.411 e. The molecule has 0 aliphatic carbocycles. The van der Waals surface area contributed by atoms with Gasteiger partial charge in [-0.3, -0.25) is 4.90 Å². The Morgan fingerprint density at radius 3 is 2.00 bits per heavy atom. The van der Waals surface area contributed by atoms with Crippen molar-refractivity contribution in [3.63, 3.8) is 0 Å². The summed E-state index contributed by atoms with van der Waals surface area (Å²) in [5.41, 5.74) is 4.66. The third-order valence-electron chi connectivity index (χ3n) is 2.64. The zero-order valence-electron chi connectivity index (χ0n) is 13.2. The number of nitrogens with two attached hydrogens (primary N) is 1. The van der Waals surface area contributed by atoms with Gasteiger partial charge >= 0.3 is 12.1 Å². The van der Waals surface area contributed by atoms with Gasteiger partial charge in [0.2, 0.25) is 0 Å². The molecular weight excluding hydrogens is 260 g/mol. The number of likely N-dealkylation sites (tertiary alicyclic amines) is 1. The number of esters is 1. The van der Waals surface area contributed by atoms with Crippen molar-refractivity contribution < 1.29 is 19.1 Å². The number of ether oxygens (including phenoxy) is 2. The van der Waals surface area contributed by atoms with Crippen LogP contribution in [0.2, 0.25) is 0 Å². The lowest BCUT2D eigenvalue weighted by molar-refractivity contribution is -0.160. The van der Waals surface area contributed by atoms with Crippen LogP contribution in [0, 0.1) is 0 Å². The molecule has 0 bridgehead atoms. The summed E-state index contributed by atoms with van der Waals surface area (Å²) in [6.45, 7) is 11.0. The van der Waals surface area contributed by atoms with Crippen molar-refractivity contribution in [1.29, 1.82) is 0 Å². The Morgan fingerprint density at radius 1 is 1.05 bits per heavy atom. The largest absolute Gasteiger partial charge is 0.458 e. The summed E-state index contributed by atoms with van der Waals surface area (Å²) in [5, 5.41) is 0. The fraction of sp³-hybridized carbons (Fsp3) is 0.857. The number of hydrogen-bond acceptors (Lipinski definition) is 5. The van der Waals surface area contributed by atoms with E-state index in [4.69, 9.17) is 15.2 Å². The molecule has 0 aromatic rings. The van der Waals surface area contributed by atoms with Gasteiger partial charge in [-0.15, -0.1) is 0 Å². The number of amides is 1. The number of carbonyl (C=O) groups is 2. The van der Waals surface area contributed by atoms with Crippen LogP contribution >= 0.6 is 0 Å². The van der Waals surface area contributed by atoms with E-state index in [1.54, 1.807) is 41.5 Å². The minimum atomic E-state index is -0.668. The van der Waals surface area contributed by atoms with E-state index >= 15 is 0 Å². The predicted octanol–water partition coefficient (Wildman–Crippen LogP) is 1.66. The molecule has 0 aromatic heterocycles. The summed E-state index contributed by atoms with van der Waals surface area (Å²) in [6, 6.07) is -0.904. The Balaban J connectivity index is 2.78. The van der Waals surface area contributed by atoms with E-state index in [1.165, 1.54) is 4.90 Å². The van der Waals surface area contributed by atoms with E-state index in [2.05, 4.69) is 0 Å². The normalized spacial score (nSPS) is 23.6. The lowest BCUT2D eigenvalue weighted by atomic mass is 10.1. The highest BCUT2D eigenvalue weighted by atomic mass is 16.6. The zero-order valence-corrected chi connectivity index (χ0v) is 13.2. The molecule has 0 unspecified atom stereocenters. The topological polar surface area (TPSA) is 81.9 Å². The first kappa shape index (κ1) is 16.8. The van der Waals surface area contributed by atoms with Crippen molar-refractivity contribution in [3.05, 3.63) is 0 Å². The zero-order chi connectivity index (χ0) is 15.7. The quantitative estimate of drug-likeness (QED) is 0.741. The third kappa shape index (κ3) is 5.00. The highest BCUT2D eigenvalue weighted by Crippen LogP contribution is 2.23. The molecule has 0 saturated carbocycles. The Hall–Kier alpha value is -1.30. The predicted molar refractivity (Wildman–Crippen MR) is 75.2 cm³/mol. The van der Waals surface area contributed by atoms with Gasteiger partial charge in [-0.05, 0) is 48.0 Å². The van der Waals surface area contributed by atoms with Gasteiger partial charge in [0.15, 0.2) is 0 Å². The average Bonchev–Trinajstić information content (AvgIpc) is 2.55. The first-order chi connectivity index (χ1) is 8.89. The van der Waals surface area contributed by atoms with Crippen molar-refractivity contribution in [3.8, 4) is 0 Å². The fourth-order valence-corrected chi connectivity index (χ4v) is 1.98. The molecule has 20 heavy (non-hydrogen) atoms. The summed E-state index contributed by atoms with van der Waals surface area (Å²) in [7, 11) is 0. The Morgan fingerprint density at radius 2 is 1.55 bits per heavy atom. The second-order valence-corrected chi connectivity index (χ2v) is 7.18. The van der Waals surface area contributed by atoms with Crippen LogP contribution in [0.5, 0.6) is 0 Å². The van der Waals surface area contributed by atoms with Crippen LogP contribution in [-0.4, -0.2) is 46.8 Å². The molecule has 2 atom stereocenters. The molecule has 1 heterocycles. The van der Waals surface area contributed by atoms with E-state index in [0.29, 0.717) is 13.0 Å². The maximum Gasteiger partial charge on any atom is 0.411 e. The van der Waals surface area contributed by atoms with Gasteiger partial charge in [0.05, 0.1) is 0 Å². The average molecular weight is 286 g/mol. The molecule has 6 heteroatoms. The van der Waals surface area contributed by atoms with Gasteiger partial charge in [-0.25, -0.2) is 9.59 Å². The van der Waals surface area contributed by atoms with Crippen LogP contribution in [-0.2, 0) is 14.3 Å². The monoisotopic (exact) mass is 286 g/mol. The molecule has 1 aliphatic heterocycles. The summed E-state index contributed by atoms with van der Waals surface area (Å²) in [6.07, 6.45) is -0.130. The van der Waals surface area contributed by atoms with Crippen molar-refractivity contribution in [2.24, 2.45) is 5.73 Å². The Bertz CT molecular complexity index is 346. The van der Waals surface area contributed by atoms with E-state index < -0.39 is 29.3 Å². The molecule has 2 N–H and O–H groups in total. The number of nitrogens with zero attached hydrogens (tertiary/aromatic N) is 1. The summed E-state index contributed by atoms with van der Waals surface area (Å²) in [5.74, 6) is -0.434. The molecule has 1 amide bonds.